The Labute approximate surface area is 186 Å². The number of piperidine rings is 1. The van der Waals surface area contributed by atoms with E-state index in [0.717, 1.165) is 37.2 Å². The molecule has 3 aromatic rings. The number of nitrogens with zero attached hydrogens (tertiary/aromatic N) is 5. The van der Waals surface area contributed by atoms with Gasteiger partial charge in [0, 0.05) is 31.2 Å². The van der Waals surface area contributed by atoms with E-state index in [2.05, 4.69) is 37.6 Å². The largest absolute Gasteiger partial charge is 0.355 e. The maximum Gasteiger partial charge on any atom is 0.251 e. The molecule has 2 aromatic heterocycles. The highest BCUT2D eigenvalue weighted by Gasteiger charge is 2.19. The Bertz CT molecular complexity index is 1060. The highest BCUT2D eigenvalue weighted by atomic mass is 19.1. The molecule has 1 saturated heterocycles. The predicted octanol–water partition coefficient (Wildman–Crippen LogP) is 2.97. The molecule has 1 aliphatic rings. The number of anilines is 2. The third-order valence-corrected chi connectivity index (χ3v) is 5.84. The van der Waals surface area contributed by atoms with Crippen LogP contribution in [-0.2, 0) is 12.8 Å². The second-order valence-electron chi connectivity index (χ2n) is 8.17. The van der Waals surface area contributed by atoms with Gasteiger partial charge < -0.3 is 15.5 Å². The average molecular weight is 438 g/mol. The van der Waals surface area contributed by atoms with E-state index >= 15 is 0 Å². The number of rotatable bonds is 7. The van der Waals surface area contributed by atoms with Gasteiger partial charge >= 0.3 is 0 Å². The summed E-state index contributed by atoms with van der Waals surface area (Å²) >= 11 is 0. The molecule has 0 unspecified atom stereocenters. The lowest BCUT2D eigenvalue weighted by Crippen LogP contribution is -2.31. The number of halogens is 1. The zero-order valence-electron chi connectivity index (χ0n) is 18.4. The van der Waals surface area contributed by atoms with Crippen LogP contribution in [0.15, 0.2) is 43.0 Å². The van der Waals surface area contributed by atoms with Gasteiger partial charge in [-0.3, -0.25) is 9.48 Å². The number of nitrogens with one attached hydrogen (secondary N) is 2. The zero-order chi connectivity index (χ0) is 22.5. The molecule has 3 heterocycles. The molecule has 9 heteroatoms. The molecule has 0 saturated carbocycles. The lowest BCUT2D eigenvalue weighted by Gasteiger charge is -2.28. The van der Waals surface area contributed by atoms with Gasteiger partial charge in [0.1, 0.15) is 5.82 Å². The molecule has 1 fully saturated rings. The van der Waals surface area contributed by atoms with Gasteiger partial charge in [-0.15, -0.1) is 0 Å². The number of carbonyl (C=O) groups excluding carboxylic acids is 1. The Hall–Kier alpha value is -3.33. The molecule has 32 heavy (non-hydrogen) atoms. The Morgan fingerprint density at radius 2 is 1.91 bits per heavy atom. The summed E-state index contributed by atoms with van der Waals surface area (Å²) in [6.07, 6.45) is 10.5. The van der Waals surface area contributed by atoms with Crippen LogP contribution < -0.4 is 10.6 Å². The Morgan fingerprint density at radius 1 is 1.16 bits per heavy atom. The number of benzene rings is 1. The molecule has 1 aliphatic heterocycles. The molecule has 0 aliphatic carbocycles. The van der Waals surface area contributed by atoms with Gasteiger partial charge in [-0.25, -0.2) is 14.4 Å². The molecule has 0 bridgehead atoms. The van der Waals surface area contributed by atoms with Crippen molar-refractivity contribution < 1.29 is 9.18 Å². The first-order valence-electron chi connectivity index (χ1n) is 10.8. The predicted molar refractivity (Wildman–Crippen MR) is 121 cm³/mol. The summed E-state index contributed by atoms with van der Waals surface area (Å²) in [7, 11) is 3.70. The van der Waals surface area contributed by atoms with E-state index in [1.807, 2.05) is 10.9 Å². The van der Waals surface area contributed by atoms with Crippen LogP contribution in [-0.4, -0.2) is 57.7 Å². The van der Waals surface area contributed by atoms with E-state index in [-0.39, 0.29) is 11.7 Å². The second kappa shape index (κ2) is 9.86. The molecule has 0 atom stereocenters. The van der Waals surface area contributed by atoms with Gasteiger partial charge in [-0.1, -0.05) is 0 Å². The van der Waals surface area contributed by atoms with Crippen molar-refractivity contribution in [1.82, 2.24) is 30.0 Å². The highest BCUT2D eigenvalue weighted by molar-refractivity contribution is 5.94. The number of amides is 1. The van der Waals surface area contributed by atoms with Crippen molar-refractivity contribution in [2.24, 2.45) is 0 Å². The first-order valence-corrected chi connectivity index (χ1v) is 10.8. The van der Waals surface area contributed by atoms with Crippen LogP contribution in [0.5, 0.6) is 0 Å². The zero-order valence-corrected chi connectivity index (χ0v) is 18.4. The minimum absolute atomic E-state index is 0.232. The van der Waals surface area contributed by atoms with Crippen molar-refractivity contribution in [2.75, 3.05) is 32.5 Å². The summed E-state index contributed by atoms with van der Waals surface area (Å²) in [5, 5.41) is 10.2. The summed E-state index contributed by atoms with van der Waals surface area (Å²) in [6, 6.07) is 4.82. The van der Waals surface area contributed by atoms with Gasteiger partial charge in [0.05, 0.1) is 17.9 Å². The maximum absolute atomic E-state index is 14.1. The van der Waals surface area contributed by atoms with Crippen LogP contribution in [0.2, 0.25) is 0 Å². The smallest absolute Gasteiger partial charge is 0.251 e. The Balaban J connectivity index is 1.34. The number of hydrogen-bond donors (Lipinski definition) is 2. The maximum atomic E-state index is 14.1. The van der Waals surface area contributed by atoms with E-state index in [4.69, 9.17) is 0 Å². The number of aryl methyl sites for hydroxylation is 2. The van der Waals surface area contributed by atoms with Gasteiger partial charge in [-0.05, 0) is 75.1 Å². The SMILES string of the molecule is CNC(=O)c1ccc(F)c(CCc2cnc(Nc3cnn(C4CCN(C)CC4)c3)nc2)c1. The minimum atomic E-state index is -0.321. The lowest BCUT2D eigenvalue weighted by molar-refractivity contribution is 0.0963. The van der Waals surface area contributed by atoms with Crippen molar-refractivity contribution in [3.05, 3.63) is 65.5 Å². The van der Waals surface area contributed by atoms with Gasteiger partial charge in [-0.2, -0.15) is 5.10 Å². The van der Waals surface area contributed by atoms with Crippen molar-refractivity contribution in [3.8, 4) is 0 Å². The van der Waals surface area contributed by atoms with Crippen LogP contribution in [0.3, 0.4) is 0 Å². The topological polar surface area (TPSA) is 88.0 Å². The normalized spacial score (nSPS) is 15.0. The standard InChI is InChI=1S/C23H28FN7O/c1-25-22(32)18-5-6-21(24)17(11-18)4-3-16-12-26-23(27-13-16)29-19-14-28-31(15-19)20-7-9-30(2)10-8-20/h5-6,11-15,20H,3-4,7-10H2,1-2H3,(H,25,32)(H,26,27,29). The molecule has 4 rings (SSSR count). The fraction of sp³-hybridized carbons (Fsp3) is 0.391. The van der Waals surface area contributed by atoms with E-state index in [1.54, 1.807) is 31.7 Å². The Kier molecular flexibility index (Phi) is 6.75. The number of carbonyl (C=O) groups is 1. The number of aromatic nitrogens is 4. The van der Waals surface area contributed by atoms with E-state index in [9.17, 15) is 9.18 Å². The molecule has 0 radical (unpaired) electrons. The summed E-state index contributed by atoms with van der Waals surface area (Å²) in [6.45, 7) is 2.16. The van der Waals surface area contributed by atoms with Crippen LogP contribution in [0.25, 0.3) is 0 Å². The first-order chi connectivity index (χ1) is 15.5. The van der Waals surface area contributed by atoms with Crippen molar-refractivity contribution in [2.45, 2.75) is 31.7 Å². The third kappa shape index (κ3) is 5.28. The number of hydrogen-bond acceptors (Lipinski definition) is 6. The van der Waals surface area contributed by atoms with Gasteiger partial charge in [0.15, 0.2) is 0 Å². The van der Waals surface area contributed by atoms with Crippen LogP contribution in [0, 0.1) is 5.82 Å². The molecule has 0 spiro atoms. The molecular weight excluding hydrogens is 409 g/mol. The van der Waals surface area contributed by atoms with Gasteiger partial charge in [0.2, 0.25) is 5.95 Å². The molecule has 1 aromatic carbocycles. The first kappa shape index (κ1) is 21.9. The minimum Gasteiger partial charge on any atom is -0.355 e. The van der Waals surface area contributed by atoms with Crippen LogP contribution in [0.4, 0.5) is 16.0 Å². The van der Waals surface area contributed by atoms with E-state index < -0.39 is 0 Å². The quantitative estimate of drug-likeness (QED) is 0.591. The summed E-state index contributed by atoms with van der Waals surface area (Å²) in [5.74, 6) is -0.0629. The summed E-state index contributed by atoms with van der Waals surface area (Å²) in [4.78, 5) is 22.9. The highest BCUT2D eigenvalue weighted by Crippen LogP contribution is 2.23. The van der Waals surface area contributed by atoms with Gasteiger partial charge in [0.25, 0.3) is 5.91 Å². The van der Waals surface area contributed by atoms with Crippen LogP contribution >= 0.6 is 0 Å². The number of likely N-dealkylation sites (tertiary alicyclic amines) is 1. The summed E-state index contributed by atoms with van der Waals surface area (Å²) < 4.78 is 16.1. The molecule has 8 nitrogen and oxygen atoms in total. The Morgan fingerprint density at radius 3 is 2.62 bits per heavy atom. The van der Waals surface area contributed by atoms with E-state index in [0.29, 0.717) is 36.0 Å². The molecule has 168 valence electrons. The molecule has 1 amide bonds. The van der Waals surface area contributed by atoms with Crippen molar-refractivity contribution in [1.29, 1.82) is 0 Å². The van der Waals surface area contributed by atoms with Crippen LogP contribution in [0.1, 0.15) is 40.4 Å². The average Bonchev–Trinajstić information content (AvgIpc) is 3.28. The van der Waals surface area contributed by atoms with Crippen molar-refractivity contribution >= 4 is 17.5 Å². The third-order valence-electron chi connectivity index (χ3n) is 5.84. The van der Waals surface area contributed by atoms with Crippen molar-refractivity contribution in [3.63, 3.8) is 0 Å². The second-order valence-corrected chi connectivity index (χ2v) is 8.17. The molecule has 2 N–H and O–H groups in total. The summed E-state index contributed by atoms with van der Waals surface area (Å²) in [5.41, 5.74) is 2.68. The molecular formula is C23H28FN7O. The van der Waals surface area contributed by atoms with E-state index in [1.165, 1.54) is 12.1 Å². The lowest BCUT2D eigenvalue weighted by atomic mass is 10.0. The fourth-order valence-corrected chi connectivity index (χ4v) is 3.87. The fourth-order valence-electron chi connectivity index (χ4n) is 3.87. The monoisotopic (exact) mass is 437 g/mol.